The van der Waals surface area contributed by atoms with E-state index in [1.807, 2.05) is 0 Å². The summed E-state index contributed by atoms with van der Waals surface area (Å²) in [5.41, 5.74) is -0.308. The number of nitrogens with one attached hydrogen (secondary N) is 1. The van der Waals surface area contributed by atoms with Crippen molar-refractivity contribution in [2.75, 3.05) is 19.0 Å². The van der Waals surface area contributed by atoms with Crippen molar-refractivity contribution >= 4 is 34.0 Å². The van der Waals surface area contributed by atoms with E-state index in [-0.39, 0.29) is 0 Å². The maximum atomic E-state index is 13.7. The Morgan fingerprint density at radius 3 is 2.96 bits per heavy atom. The van der Waals surface area contributed by atoms with Crippen molar-refractivity contribution in [1.82, 2.24) is 4.98 Å². The smallest absolute Gasteiger partial charge is 0.261 e. The van der Waals surface area contributed by atoms with Gasteiger partial charge in [0.1, 0.15) is 11.6 Å². The van der Waals surface area contributed by atoms with Crippen LogP contribution in [0.15, 0.2) is 48.8 Å². The number of amides is 1. The van der Waals surface area contributed by atoms with Gasteiger partial charge in [-0.25, -0.2) is 4.39 Å². The lowest BCUT2D eigenvalue weighted by Gasteiger charge is -2.36. The Morgan fingerprint density at radius 2 is 2.15 bits per heavy atom. The molecule has 0 saturated heterocycles. The highest BCUT2D eigenvalue weighted by Crippen LogP contribution is 2.42. The molecule has 0 fully saturated rings. The first-order valence-corrected chi connectivity index (χ1v) is 8.74. The topological polar surface area (TPSA) is 60.5 Å². The van der Waals surface area contributed by atoms with Crippen molar-refractivity contribution in [2.45, 2.75) is 12.0 Å². The summed E-state index contributed by atoms with van der Waals surface area (Å²) in [7, 11) is 1.47. The summed E-state index contributed by atoms with van der Waals surface area (Å²) < 4.78 is 25.0. The van der Waals surface area contributed by atoms with E-state index in [1.165, 1.54) is 25.4 Å². The van der Waals surface area contributed by atoms with Crippen molar-refractivity contribution in [3.63, 3.8) is 0 Å². The average Bonchev–Trinajstić information content (AvgIpc) is 2.68. The number of benzene rings is 2. The summed E-state index contributed by atoms with van der Waals surface area (Å²) in [6.45, 7) is 0.318. The zero-order chi connectivity index (χ0) is 19.0. The van der Waals surface area contributed by atoms with E-state index in [9.17, 15) is 9.18 Å². The van der Waals surface area contributed by atoms with Gasteiger partial charge in [0, 0.05) is 41.1 Å². The first-order valence-electron chi connectivity index (χ1n) is 8.36. The van der Waals surface area contributed by atoms with E-state index >= 15 is 0 Å². The third-order valence-electron chi connectivity index (χ3n) is 4.77. The molecular weight excluding hydrogens is 371 g/mol. The van der Waals surface area contributed by atoms with Crippen LogP contribution in [0, 0.1) is 5.82 Å². The number of nitrogens with zero attached hydrogens (tertiary/aromatic N) is 1. The van der Waals surface area contributed by atoms with Crippen LogP contribution < -0.4 is 10.1 Å². The lowest BCUT2D eigenvalue weighted by molar-refractivity contribution is -0.142. The highest BCUT2D eigenvalue weighted by molar-refractivity contribution is 6.30. The molecule has 1 N–H and O–H groups in total. The minimum absolute atomic E-state index is 0.315. The quantitative estimate of drug-likeness (QED) is 0.729. The van der Waals surface area contributed by atoms with Crippen LogP contribution in [0.5, 0.6) is 5.75 Å². The highest BCUT2D eigenvalue weighted by atomic mass is 35.5. The Hall–Kier alpha value is -2.70. The summed E-state index contributed by atoms with van der Waals surface area (Å²) in [6.07, 6.45) is 3.41. The van der Waals surface area contributed by atoms with E-state index < -0.39 is 17.3 Å². The van der Waals surface area contributed by atoms with Crippen LogP contribution in [0.1, 0.15) is 12.0 Å². The van der Waals surface area contributed by atoms with Crippen LogP contribution in [0.2, 0.25) is 5.02 Å². The zero-order valence-electron chi connectivity index (χ0n) is 14.5. The molecular formula is C20H16ClFN2O3. The van der Waals surface area contributed by atoms with Gasteiger partial charge < -0.3 is 14.8 Å². The number of carbonyl (C=O) groups excluding carboxylic acids is 1. The molecule has 2 aromatic carbocycles. The van der Waals surface area contributed by atoms with Crippen molar-refractivity contribution in [3.8, 4) is 5.75 Å². The highest BCUT2D eigenvalue weighted by Gasteiger charge is 2.45. The van der Waals surface area contributed by atoms with Gasteiger partial charge in [-0.3, -0.25) is 9.78 Å². The number of rotatable bonds is 3. The van der Waals surface area contributed by atoms with Gasteiger partial charge in [-0.05, 0) is 36.4 Å². The molecule has 0 aliphatic carbocycles. The number of anilines is 1. The molecule has 5 nitrogen and oxygen atoms in total. The fourth-order valence-corrected chi connectivity index (χ4v) is 3.55. The minimum atomic E-state index is -1.27. The van der Waals surface area contributed by atoms with E-state index in [0.717, 1.165) is 5.39 Å². The first kappa shape index (κ1) is 17.7. The van der Waals surface area contributed by atoms with Gasteiger partial charge in [0.15, 0.2) is 5.60 Å². The number of methoxy groups -OCH3 is 1. The van der Waals surface area contributed by atoms with Gasteiger partial charge in [0.25, 0.3) is 5.91 Å². The number of pyridine rings is 1. The molecule has 1 atom stereocenters. The molecule has 4 rings (SSSR count). The van der Waals surface area contributed by atoms with Crippen LogP contribution in [0.25, 0.3) is 10.8 Å². The monoisotopic (exact) mass is 386 g/mol. The fraction of sp³-hybridized carbons (Fsp3) is 0.200. The molecule has 0 bridgehead atoms. The van der Waals surface area contributed by atoms with E-state index in [1.54, 1.807) is 30.5 Å². The van der Waals surface area contributed by atoms with Crippen LogP contribution in [-0.4, -0.2) is 24.6 Å². The van der Waals surface area contributed by atoms with E-state index in [0.29, 0.717) is 40.4 Å². The SMILES string of the molecule is COC1(C(=O)Nc2cncc3ccc(F)cc23)CCOc2ccc(Cl)cc21. The van der Waals surface area contributed by atoms with Gasteiger partial charge >= 0.3 is 0 Å². The second-order valence-electron chi connectivity index (χ2n) is 6.28. The number of hydrogen-bond donors (Lipinski definition) is 1. The van der Waals surface area contributed by atoms with E-state index in [4.69, 9.17) is 21.1 Å². The number of fused-ring (bicyclic) bond motifs is 2. The maximum absolute atomic E-state index is 13.7. The van der Waals surface area contributed by atoms with Crippen molar-refractivity contribution in [3.05, 3.63) is 65.2 Å². The summed E-state index contributed by atoms with van der Waals surface area (Å²) >= 11 is 6.13. The maximum Gasteiger partial charge on any atom is 0.261 e. The third-order valence-corrected chi connectivity index (χ3v) is 5.01. The van der Waals surface area contributed by atoms with Gasteiger partial charge in [-0.15, -0.1) is 0 Å². The summed E-state index contributed by atoms with van der Waals surface area (Å²) in [5.74, 6) is -0.242. The van der Waals surface area contributed by atoms with Crippen LogP contribution >= 0.6 is 11.6 Å². The second-order valence-corrected chi connectivity index (χ2v) is 6.71. The molecule has 0 radical (unpaired) electrons. The number of aromatic nitrogens is 1. The summed E-state index contributed by atoms with van der Waals surface area (Å²) in [4.78, 5) is 17.4. The standard InChI is InChI=1S/C20H16ClFN2O3/c1-26-20(6-7-27-18-5-3-13(21)8-16(18)20)19(25)24-17-11-23-10-12-2-4-14(22)9-15(12)17/h2-5,8-11H,6-7H2,1H3,(H,24,25). The Kier molecular flexibility index (Phi) is 4.45. The fourth-order valence-electron chi connectivity index (χ4n) is 3.38. The largest absolute Gasteiger partial charge is 0.493 e. The number of carbonyl (C=O) groups is 1. The van der Waals surface area contributed by atoms with Crippen LogP contribution in [0.4, 0.5) is 10.1 Å². The molecule has 2 heterocycles. The molecule has 7 heteroatoms. The number of ether oxygens (including phenoxy) is 2. The minimum Gasteiger partial charge on any atom is -0.493 e. The van der Waals surface area contributed by atoms with Gasteiger partial charge in [0.05, 0.1) is 18.5 Å². The Balaban J connectivity index is 1.77. The second kappa shape index (κ2) is 6.79. The molecule has 27 heavy (non-hydrogen) atoms. The van der Waals surface area contributed by atoms with E-state index in [2.05, 4.69) is 10.3 Å². The number of halogens is 2. The molecule has 0 spiro atoms. The van der Waals surface area contributed by atoms with Gasteiger partial charge in [0.2, 0.25) is 0 Å². The van der Waals surface area contributed by atoms with Crippen LogP contribution in [0.3, 0.4) is 0 Å². The third kappa shape index (κ3) is 3.01. The van der Waals surface area contributed by atoms with Crippen molar-refractivity contribution < 1.29 is 18.7 Å². The van der Waals surface area contributed by atoms with Gasteiger partial charge in [-0.1, -0.05) is 11.6 Å². The molecule has 3 aromatic rings. The first-order chi connectivity index (χ1) is 13.0. The lowest BCUT2D eigenvalue weighted by atomic mass is 9.86. The zero-order valence-corrected chi connectivity index (χ0v) is 15.2. The van der Waals surface area contributed by atoms with Crippen LogP contribution in [-0.2, 0) is 15.1 Å². The lowest BCUT2D eigenvalue weighted by Crippen LogP contribution is -2.45. The Morgan fingerprint density at radius 1 is 1.30 bits per heavy atom. The normalized spacial score (nSPS) is 18.6. The number of hydrogen-bond acceptors (Lipinski definition) is 4. The predicted molar refractivity (Wildman–Crippen MR) is 101 cm³/mol. The average molecular weight is 387 g/mol. The molecule has 1 unspecified atom stereocenters. The molecule has 0 saturated carbocycles. The summed E-state index contributed by atoms with van der Waals surface area (Å²) in [5, 5.41) is 4.59. The van der Waals surface area contributed by atoms with Gasteiger partial charge in [-0.2, -0.15) is 0 Å². The molecule has 1 amide bonds. The molecule has 1 aliphatic rings. The predicted octanol–water partition coefficient (Wildman–Crippen LogP) is 4.29. The molecule has 1 aliphatic heterocycles. The van der Waals surface area contributed by atoms with Crippen molar-refractivity contribution in [2.24, 2.45) is 0 Å². The van der Waals surface area contributed by atoms with Crippen molar-refractivity contribution in [1.29, 1.82) is 0 Å². The Labute approximate surface area is 160 Å². The molecule has 138 valence electrons. The Bertz CT molecular complexity index is 1040. The summed E-state index contributed by atoms with van der Waals surface area (Å²) in [6, 6.07) is 9.40. The molecule has 1 aromatic heterocycles.